The van der Waals surface area contributed by atoms with Crippen molar-refractivity contribution in [2.24, 2.45) is 0 Å². The second-order valence-corrected chi connectivity index (χ2v) is 4.71. The summed E-state index contributed by atoms with van der Waals surface area (Å²) in [7, 11) is 0. The Hall–Kier alpha value is -0.860. The van der Waals surface area contributed by atoms with Crippen LogP contribution in [0.3, 0.4) is 0 Å². The lowest BCUT2D eigenvalue weighted by atomic mass is 10.1. The van der Waals surface area contributed by atoms with Gasteiger partial charge in [-0.25, -0.2) is 0 Å². The zero-order chi connectivity index (χ0) is 10.3. The molecule has 0 radical (unpaired) electrons. The molecule has 0 N–H and O–H groups in total. The molecule has 0 saturated carbocycles. The number of rotatable bonds is 1. The summed E-state index contributed by atoms with van der Waals surface area (Å²) < 4.78 is 5.96. The minimum Gasteiger partial charge on any atom is -0.359 e. The molecule has 2 nitrogen and oxygen atoms in total. The van der Waals surface area contributed by atoms with Crippen molar-refractivity contribution in [1.82, 2.24) is 4.90 Å². The molecule has 2 aliphatic heterocycles. The molecule has 0 unspecified atom stereocenters. The Labute approximate surface area is 90.8 Å². The molecule has 3 rings (SSSR count). The summed E-state index contributed by atoms with van der Waals surface area (Å²) >= 11 is 0. The van der Waals surface area contributed by atoms with E-state index < -0.39 is 0 Å². The molecule has 2 fully saturated rings. The van der Waals surface area contributed by atoms with Gasteiger partial charge in [-0.15, -0.1) is 0 Å². The largest absolute Gasteiger partial charge is 0.359 e. The van der Waals surface area contributed by atoms with Crippen LogP contribution in [0.1, 0.15) is 31.4 Å². The smallest absolute Gasteiger partial charge is 0.119 e. The Balaban J connectivity index is 1.90. The van der Waals surface area contributed by atoms with E-state index in [2.05, 4.69) is 42.2 Å². The van der Waals surface area contributed by atoms with Crippen molar-refractivity contribution in [2.45, 2.75) is 31.5 Å². The first-order valence-corrected chi connectivity index (χ1v) is 5.75. The number of hydrogen-bond donors (Lipinski definition) is 0. The Morgan fingerprint density at radius 1 is 1.33 bits per heavy atom. The van der Waals surface area contributed by atoms with Gasteiger partial charge in [0.2, 0.25) is 0 Å². The summed E-state index contributed by atoms with van der Waals surface area (Å²) in [5.74, 6) is 0. The second kappa shape index (κ2) is 3.32. The van der Waals surface area contributed by atoms with Gasteiger partial charge >= 0.3 is 0 Å². The number of nitrogens with zero attached hydrogens (tertiary/aromatic N) is 1. The van der Waals surface area contributed by atoms with Gasteiger partial charge in [-0.3, -0.25) is 4.90 Å². The fourth-order valence-electron chi connectivity index (χ4n) is 2.90. The summed E-state index contributed by atoms with van der Waals surface area (Å²) in [5.41, 5.74) is 1.41. The third-order valence-corrected chi connectivity index (χ3v) is 3.76. The van der Waals surface area contributed by atoms with Gasteiger partial charge < -0.3 is 4.74 Å². The van der Waals surface area contributed by atoms with Crippen LogP contribution in [-0.4, -0.2) is 23.8 Å². The Morgan fingerprint density at radius 2 is 2.13 bits per heavy atom. The summed E-state index contributed by atoms with van der Waals surface area (Å²) in [4.78, 5) is 2.52. The number of fused-ring (bicyclic) bond motifs is 1. The van der Waals surface area contributed by atoms with E-state index >= 15 is 0 Å². The van der Waals surface area contributed by atoms with Gasteiger partial charge in [0.15, 0.2) is 0 Å². The molecule has 0 spiro atoms. The van der Waals surface area contributed by atoms with Crippen molar-refractivity contribution in [3.63, 3.8) is 0 Å². The van der Waals surface area contributed by atoms with E-state index in [-0.39, 0.29) is 5.72 Å². The maximum absolute atomic E-state index is 5.96. The molecule has 1 aromatic rings. The highest BCUT2D eigenvalue weighted by Crippen LogP contribution is 2.43. The zero-order valence-corrected chi connectivity index (χ0v) is 9.15. The Morgan fingerprint density at radius 3 is 2.93 bits per heavy atom. The number of ether oxygens (including phenoxy) is 1. The minimum absolute atomic E-state index is 0.0144. The molecule has 0 aliphatic carbocycles. The van der Waals surface area contributed by atoms with Gasteiger partial charge in [0, 0.05) is 6.54 Å². The summed E-state index contributed by atoms with van der Waals surface area (Å²) in [6, 6.07) is 11.2. The Bertz CT molecular complexity index is 351. The lowest BCUT2D eigenvalue weighted by Crippen LogP contribution is -2.37. The van der Waals surface area contributed by atoms with Crippen LogP contribution < -0.4 is 0 Å². The van der Waals surface area contributed by atoms with Gasteiger partial charge in [0.1, 0.15) is 5.72 Å². The van der Waals surface area contributed by atoms with E-state index in [4.69, 9.17) is 4.74 Å². The van der Waals surface area contributed by atoms with Crippen LogP contribution in [0.4, 0.5) is 0 Å². The van der Waals surface area contributed by atoms with Crippen molar-refractivity contribution in [2.75, 3.05) is 13.2 Å². The third kappa shape index (κ3) is 1.40. The minimum atomic E-state index is 0.0144. The number of benzene rings is 1. The van der Waals surface area contributed by atoms with Crippen molar-refractivity contribution >= 4 is 0 Å². The molecule has 1 aromatic carbocycles. The van der Waals surface area contributed by atoms with E-state index in [9.17, 15) is 0 Å². The fourth-order valence-corrected chi connectivity index (χ4v) is 2.90. The van der Waals surface area contributed by atoms with Crippen molar-refractivity contribution in [1.29, 1.82) is 0 Å². The van der Waals surface area contributed by atoms with E-state index in [1.165, 1.54) is 24.9 Å². The van der Waals surface area contributed by atoms with E-state index in [1.807, 2.05) is 0 Å². The molecular formula is C13H17NO. The van der Waals surface area contributed by atoms with Gasteiger partial charge in [-0.1, -0.05) is 30.3 Å². The Kier molecular flexibility index (Phi) is 2.08. The van der Waals surface area contributed by atoms with E-state index in [0.717, 1.165) is 6.61 Å². The molecule has 2 heterocycles. The van der Waals surface area contributed by atoms with Gasteiger partial charge in [-0.05, 0) is 25.3 Å². The predicted molar refractivity (Wildman–Crippen MR) is 59.5 cm³/mol. The zero-order valence-electron chi connectivity index (χ0n) is 9.15. The summed E-state index contributed by atoms with van der Waals surface area (Å²) in [6.07, 6.45) is 2.44. The van der Waals surface area contributed by atoms with Crippen molar-refractivity contribution < 1.29 is 4.74 Å². The highest BCUT2D eigenvalue weighted by molar-refractivity contribution is 5.21. The van der Waals surface area contributed by atoms with Crippen LogP contribution in [0.5, 0.6) is 0 Å². The molecule has 15 heavy (non-hydrogen) atoms. The monoisotopic (exact) mass is 203 g/mol. The number of hydrogen-bond acceptors (Lipinski definition) is 2. The average Bonchev–Trinajstić information content (AvgIpc) is 2.76. The normalized spacial score (nSPS) is 35.7. The quantitative estimate of drug-likeness (QED) is 0.695. The fraction of sp³-hybridized carbons (Fsp3) is 0.538. The average molecular weight is 203 g/mol. The summed E-state index contributed by atoms with van der Waals surface area (Å²) in [5, 5.41) is 0. The first-order chi connectivity index (χ1) is 7.30. The van der Waals surface area contributed by atoms with Crippen LogP contribution in [-0.2, 0) is 4.74 Å². The van der Waals surface area contributed by atoms with Crippen LogP contribution >= 0.6 is 0 Å². The lowest BCUT2D eigenvalue weighted by Gasteiger charge is -2.29. The highest BCUT2D eigenvalue weighted by Gasteiger charge is 2.47. The predicted octanol–water partition coefficient (Wildman–Crippen LogP) is 2.57. The van der Waals surface area contributed by atoms with Gasteiger partial charge in [0.05, 0.1) is 12.6 Å². The maximum Gasteiger partial charge on any atom is 0.119 e. The first kappa shape index (κ1) is 9.37. The molecule has 0 amide bonds. The molecule has 0 bridgehead atoms. The molecular weight excluding hydrogens is 186 g/mol. The maximum atomic E-state index is 5.96. The third-order valence-electron chi connectivity index (χ3n) is 3.76. The van der Waals surface area contributed by atoms with Gasteiger partial charge in [0.25, 0.3) is 0 Å². The standard InChI is InChI=1S/C13H17NO/c1-13-8-5-9-14(13)12(10-15-13)11-6-3-2-4-7-11/h2-4,6-7,12H,5,8-10H2,1H3/t12-,13-/m0/s1. The lowest BCUT2D eigenvalue weighted by molar-refractivity contribution is -0.0437. The molecule has 80 valence electrons. The van der Waals surface area contributed by atoms with Crippen LogP contribution in [0.15, 0.2) is 30.3 Å². The SMILES string of the molecule is C[C@]12CCCN1[C@H](c1ccccc1)CO2. The molecule has 2 aliphatic rings. The molecule has 2 atom stereocenters. The van der Waals surface area contributed by atoms with Crippen LogP contribution in [0.25, 0.3) is 0 Å². The summed E-state index contributed by atoms with van der Waals surface area (Å²) in [6.45, 7) is 4.25. The van der Waals surface area contributed by atoms with Crippen LogP contribution in [0.2, 0.25) is 0 Å². The van der Waals surface area contributed by atoms with E-state index in [1.54, 1.807) is 0 Å². The van der Waals surface area contributed by atoms with Crippen molar-refractivity contribution in [3.8, 4) is 0 Å². The molecule has 2 heteroatoms. The molecule has 0 aromatic heterocycles. The topological polar surface area (TPSA) is 12.5 Å². The van der Waals surface area contributed by atoms with Gasteiger partial charge in [-0.2, -0.15) is 0 Å². The van der Waals surface area contributed by atoms with E-state index in [0.29, 0.717) is 6.04 Å². The highest BCUT2D eigenvalue weighted by atomic mass is 16.5. The van der Waals surface area contributed by atoms with Crippen LogP contribution in [0, 0.1) is 0 Å². The van der Waals surface area contributed by atoms with Crippen molar-refractivity contribution in [3.05, 3.63) is 35.9 Å². The first-order valence-electron chi connectivity index (χ1n) is 5.75. The molecule has 2 saturated heterocycles. The second-order valence-electron chi connectivity index (χ2n) is 4.71.